The predicted molar refractivity (Wildman–Crippen MR) is 63.1 cm³/mol. The van der Waals surface area contributed by atoms with Crippen LogP contribution in [0.1, 0.15) is 5.56 Å². The first-order valence-corrected chi connectivity index (χ1v) is 5.20. The molecule has 1 rings (SSSR count). The minimum absolute atomic E-state index is 0.247. The summed E-state index contributed by atoms with van der Waals surface area (Å²) in [6, 6.07) is 9.84. The summed E-state index contributed by atoms with van der Waals surface area (Å²) in [6.07, 6.45) is -0.663. The number of ether oxygens (including phenoxy) is 2. The topological polar surface area (TPSA) is 38.7 Å². The molecule has 0 spiro atoms. The van der Waals surface area contributed by atoms with E-state index in [-0.39, 0.29) is 6.61 Å². The number of benzene rings is 1. The first-order valence-electron chi connectivity index (χ1n) is 5.20. The molecule has 1 N–H and O–H groups in total. The molecular weight excluding hydrogens is 204 g/mol. The summed E-state index contributed by atoms with van der Waals surface area (Å²) in [6.45, 7) is 4.82. The summed E-state index contributed by atoms with van der Waals surface area (Å²) in [4.78, 5) is 0. The minimum Gasteiger partial charge on any atom is -0.386 e. The third-order valence-electron chi connectivity index (χ3n) is 2.19. The molecule has 1 aromatic rings. The van der Waals surface area contributed by atoms with Crippen LogP contribution >= 0.6 is 0 Å². The standard InChI is InChI=1S/C13H18O3/c1-11(8-15-2)13(14)10-16-9-12-6-4-3-5-7-12/h3-7,13-14H,1,8-10H2,2H3. The number of methoxy groups -OCH3 is 1. The molecule has 88 valence electrons. The fraction of sp³-hybridized carbons (Fsp3) is 0.385. The highest BCUT2D eigenvalue weighted by Crippen LogP contribution is 2.04. The molecule has 1 unspecified atom stereocenters. The second kappa shape index (κ2) is 7.17. The van der Waals surface area contributed by atoms with Gasteiger partial charge in [-0.15, -0.1) is 0 Å². The first kappa shape index (κ1) is 12.9. The van der Waals surface area contributed by atoms with Gasteiger partial charge in [0.25, 0.3) is 0 Å². The third kappa shape index (κ3) is 4.57. The highest BCUT2D eigenvalue weighted by Gasteiger charge is 2.08. The lowest BCUT2D eigenvalue weighted by Gasteiger charge is -2.13. The summed E-state index contributed by atoms with van der Waals surface area (Å²) in [7, 11) is 1.57. The van der Waals surface area contributed by atoms with E-state index in [0.29, 0.717) is 18.8 Å². The molecule has 0 saturated carbocycles. The number of hydrogen-bond donors (Lipinski definition) is 1. The van der Waals surface area contributed by atoms with Crippen molar-refractivity contribution in [1.29, 1.82) is 0 Å². The van der Waals surface area contributed by atoms with Gasteiger partial charge in [0.2, 0.25) is 0 Å². The number of aliphatic hydroxyl groups is 1. The monoisotopic (exact) mass is 222 g/mol. The van der Waals surface area contributed by atoms with Crippen LogP contribution in [-0.2, 0) is 16.1 Å². The van der Waals surface area contributed by atoms with Gasteiger partial charge in [-0.1, -0.05) is 36.9 Å². The van der Waals surface area contributed by atoms with Crippen LogP contribution in [0.3, 0.4) is 0 Å². The van der Waals surface area contributed by atoms with Crippen LogP contribution in [0.15, 0.2) is 42.5 Å². The van der Waals surface area contributed by atoms with Crippen molar-refractivity contribution in [3.05, 3.63) is 48.0 Å². The molecule has 0 aliphatic rings. The second-order valence-electron chi connectivity index (χ2n) is 3.61. The van der Waals surface area contributed by atoms with Gasteiger partial charge in [0.15, 0.2) is 0 Å². The molecule has 3 nitrogen and oxygen atoms in total. The maximum absolute atomic E-state index is 9.62. The SMILES string of the molecule is C=C(COC)C(O)COCc1ccccc1. The van der Waals surface area contributed by atoms with E-state index in [1.165, 1.54) is 0 Å². The molecule has 0 aliphatic heterocycles. The van der Waals surface area contributed by atoms with Crippen LogP contribution in [0.5, 0.6) is 0 Å². The van der Waals surface area contributed by atoms with Crippen molar-refractivity contribution >= 4 is 0 Å². The molecule has 0 saturated heterocycles. The van der Waals surface area contributed by atoms with E-state index in [4.69, 9.17) is 9.47 Å². The van der Waals surface area contributed by atoms with Gasteiger partial charge in [0, 0.05) is 7.11 Å². The zero-order chi connectivity index (χ0) is 11.8. The van der Waals surface area contributed by atoms with Crippen molar-refractivity contribution in [2.45, 2.75) is 12.7 Å². The Morgan fingerprint density at radius 3 is 2.69 bits per heavy atom. The van der Waals surface area contributed by atoms with Gasteiger partial charge in [-0.3, -0.25) is 0 Å². The van der Waals surface area contributed by atoms with Crippen LogP contribution in [0, 0.1) is 0 Å². The smallest absolute Gasteiger partial charge is 0.100 e. The number of rotatable bonds is 7. The van der Waals surface area contributed by atoms with E-state index >= 15 is 0 Å². The predicted octanol–water partition coefficient (Wildman–Crippen LogP) is 1.77. The Bertz CT molecular complexity index is 308. The average molecular weight is 222 g/mol. The van der Waals surface area contributed by atoms with Crippen molar-refractivity contribution in [2.24, 2.45) is 0 Å². The molecule has 0 fully saturated rings. The van der Waals surface area contributed by atoms with Gasteiger partial charge in [-0.05, 0) is 11.1 Å². The molecule has 0 aromatic heterocycles. The van der Waals surface area contributed by atoms with Crippen LogP contribution in [0.25, 0.3) is 0 Å². The Hall–Kier alpha value is -1.16. The highest BCUT2D eigenvalue weighted by molar-refractivity contribution is 5.13. The first-order chi connectivity index (χ1) is 7.74. The molecule has 0 radical (unpaired) electrons. The summed E-state index contributed by atoms with van der Waals surface area (Å²) in [5, 5.41) is 9.62. The molecular formula is C13H18O3. The maximum atomic E-state index is 9.62. The van der Waals surface area contributed by atoms with Gasteiger partial charge in [0.1, 0.15) is 6.10 Å². The Morgan fingerprint density at radius 2 is 2.06 bits per heavy atom. The second-order valence-corrected chi connectivity index (χ2v) is 3.61. The average Bonchev–Trinajstić information content (AvgIpc) is 2.30. The molecule has 3 heteroatoms. The highest BCUT2D eigenvalue weighted by atomic mass is 16.5. The van der Waals surface area contributed by atoms with Gasteiger partial charge >= 0.3 is 0 Å². The van der Waals surface area contributed by atoms with E-state index in [0.717, 1.165) is 5.56 Å². The summed E-state index contributed by atoms with van der Waals surface area (Å²) in [5.74, 6) is 0. The Kier molecular flexibility index (Phi) is 5.78. The van der Waals surface area contributed by atoms with Crippen molar-refractivity contribution in [2.75, 3.05) is 20.3 Å². The zero-order valence-electron chi connectivity index (χ0n) is 9.56. The van der Waals surface area contributed by atoms with Crippen LogP contribution in [-0.4, -0.2) is 31.5 Å². The summed E-state index contributed by atoms with van der Waals surface area (Å²) < 4.78 is 10.3. The lowest BCUT2D eigenvalue weighted by atomic mass is 10.2. The molecule has 0 bridgehead atoms. The van der Waals surface area contributed by atoms with Crippen LogP contribution in [0.4, 0.5) is 0 Å². The molecule has 1 atom stereocenters. The fourth-order valence-corrected chi connectivity index (χ4v) is 1.26. The van der Waals surface area contributed by atoms with Crippen molar-refractivity contribution < 1.29 is 14.6 Å². The lowest BCUT2D eigenvalue weighted by molar-refractivity contribution is 0.0388. The lowest BCUT2D eigenvalue weighted by Crippen LogP contribution is -2.20. The number of aliphatic hydroxyl groups excluding tert-OH is 1. The molecule has 0 amide bonds. The molecule has 1 aromatic carbocycles. The Morgan fingerprint density at radius 1 is 1.38 bits per heavy atom. The van der Waals surface area contributed by atoms with Gasteiger partial charge in [-0.2, -0.15) is 0 Å². The Labute approximate surface area is 96.3 Å². The maximum Gasteiger partial charge on any atom is 0.100 e. The van der Waals surface area contributed by atoms with Crippen molar-refractivity contribution in [3.63, 3.8) is 0 Å². The largest absolute Gasteiger partial charge is 0.386 e. The van der Waals surface area contributed by atoms with E-state index in [1.807, 2.05) is 30.3 Å². The molecule has 0 heterocycles. The van der Waals surface area contributed by atoms with Crippen LogP contribution < -0.4 is 0 Å². The normalized spacial score (nSPS) is 12.4. The minimum atomic E-state index is -0.663. The Balaban J connectivity index is 2.23. The van der Waals surface area contributed by atoms with Gasteiger partial charge < -0.3 is 14.6 Å². The molecule has 16 heavy (non-hydrogen) atoms. The van der Waals surface area contributed by atoms with E-state index in [9.17, 15) is 5.11 Å². The van der Waals surface area contributed by atoms with E-state index in [2.05, 4.69) is 6.58 Å². The summed E-state index contributed by atoms with van der Waals surface area (Å²) in [5.41, 5.74) is 1.72. The van der Waals surface area contributed by atoms with E-state index < -0.39 is 6.10 Å². The third-order valence-corrected chi connectivity index (χ3v) is 2.19. The van der Waals surface area contributed by atoms with Gasteiger partial charge in [0.05, 0.1) is 19.8 Å². The van der Waals surface area contributed by atoms with Crippen molar-refractivity contribution in [1.82, 2.24) is 0 Å². The summed E-state index contributed by atoms with van der Waals surface area (Å²) >= 11 is 0. The van der Waals surface area contributed by atoms with Gasteiger partial charge in [-0.25, -0.2) is 0 Å². The van der Waals surface area contributed by atoms with Crippen molar-refractivity contribution in [3.8, 4) is 0 Å². The fourth-order valence-electron chi connectivity index (χ4n) is 1.26. The number of hydrogen-bond acceptors (Lipinski definition) is 3. The quantitative estimate of drug-likeness (QED) is 0.714. The molecule has 0 aliphatic carbocycles. The zero-order valence-corrected chi connectivity index (χ0v) is 9.56. The van der Waals surface area contributed by atoms with Crippen LogP contribution in [0.2, 0.25) is 0 Å². The van der Waals surface area contributed by atoms with E-state index in [1.54, 1.807) is 7.11 Å².